The van der Waals surface area contributed by atoms with Gasteiger partial charge in [-0.05, 0) is 44.7 Å². The molecule has 1 aromatic carbocycles. The highest BCUT2D eigenvalue weighted by Gasteiger charge is 2.31. The van der Waals surface area contributed by atoms with E-state index in [1.165, 1.54) is 12.0 Å². The molecule has 1 heterocycles. The molecule has 1 saturated heterocycles. The van der Waals surface area contributed by atoms with Gasteiger partial charge in [-0.15, -0.1) is 0 Å². The number of nitrogens with zero attached hydrogens (tertiary/aromatic N) is 2. The predicted molar refractivity (Wildman–Crippen MR) is 99.5 cm³/mol. The van der Waals surface area contributed by atoms with Gasteiger partial charge in [0.15, 0.2) is 0 Å². The molecular formula is C20H33N3O. The first-order valence-electron chi connectivity index (χ1n) is 9.24. The van der Waals surface area contributed by atoms with Gasteiger partial charge in [0.05, 0.1) is 6.04 Å². The molecule has 2 N–H and O–H groups in total. The van der Waals surface area contributed by atoms with Gasteiger partial charge in [0.25, 0.3) is 0 Å². The van der Waals surface area contributed by atoms with Crippen molar-refractivity contribution in [2.24, 2.45) is 11.7 Å². The Morgan fingerprint density at radius 1 is 1.25 bits per heavy atom. The molecule has 4 nitrogen and oxygen atoms in total. The first-order valence-corrected chi connectivity index (χ1v) is 9.24. The first-order chi connectivity index (χ1) is 11.4. The highest BCUT2D eigenvalue weighted by molar-refractivity contribution is 5.82. The highest BCUT2D eigenvalue weighted by atomic mass is 16.2. The summed E-state index contributed by atoms with van der Waals surface area (Å²) in [5, 5.41) is 0. The molecule has 1 aliphatic heterocycles. The summed E-state index contributed by atoms with van der Waals surface area (Å²) >= 11 is 0. The predicted octanol–water partition coefficient (Wildman–Crippen LogP) is 2.87. The minimum Gasteiger partial charge on any atom is -0.337 e. The summed E-state index contributed by atoms with van der Waals surface area (Å²) in [5.41, 5.74) is 7.46. The maximum Gasteiger partial charge on any atom is 0.240 e. The lowest BCUT2D eigenvalue weighted by Crippen LogP contribution is -2.53. The molecule has 1 amide bonds. The van der Waals surface area contributed by atoms with Crippen molar-refractivity contribution in [3.05, 3.63) is 35.9 Å². The maximum atomic E-state index is 12.8. The van der Waals surface area contributed by atoms with E-state index < -0.39 is 6.04 Å². The summed E-state index contributed by atoms with van der Waals surface area (Å²) in [6.45, 7) is 11.0. The van der Waals surface area contributed by atoms with Crippen LogP contribution in [-0.2, 0) is 11.3 Å². The van der Waals surface area contributed by atoms with Crippen LogP contribution < -0.4 is 5.73 Å². The van der Waals surface area contributed by atoms with Gasteiger partial charge < -0.3 is 10.6 Å². The molecule has 0 bridgehead atoms. The van der Waals surface area contributed by atoms with Crippen LogP contribution in [0.4, 0.5) is 0 Å². The van der Waals surface area contributed by atoms with Crippen molar-refractivity contribution in [2.75, 3.05) is 13.1 Å². The van der Waals surface area contributed by atoms with E-state index in [1.54, 1.807) is 0 Å². The quantitative estimate of drug-likeness (QED) is 0.836. The smallest absolute Gasteiger partial charge is 0.240 e. The van der Waals surface area contributed by atoms with Crippen molar-refractivity contribution in [3.8, 4) is 0 Å². The van der Waals surface area contributed by atoms with Crippen molar-refractivity contribution in [2.45, 2.75) is 65.2 Å². The van der Waals surface area contributed by atoms with Crippen LogP contribution in [0.1, 0.15) is 46.1 Å². The molecule has 24 heavy (non-hydrogen) atoms. The number of benzene rings is 1. The zero-order chi connectivity index (χ0) is 17.7. The number of carbonyl (C=O) groups is 1. The Hall–Kier alpha value is -1.39. The van der Waals surface area contributed by atoms with E-state index >= 15 is 0 Å². The van der Waals surface area contributed by atoms with Crippen LogP contribution in [0, 0.1) is 5.92 Å². The van der Waals surface area contributed by atoms with Gasteiger partial charge in [0, 0.05) is 25.2 Å². The van der Waals surface area contributed by atoms with Gasteiger partial charge in [-0.2, -0.15) is 0 Å². The third kappa shape index (κ3) is 4.81. The first kappa shape index (κ1) is 18.9. The maximum absolute atomic E-state index is 12.8. The van der Waals surface area contributed by atoms with E-state index in [9.17, 15) is 4.79 Å². The molecule has 1 unspecified atom stereocenters. The lowest BCUT2D eigenvalue weighted by Gasteiger charge is -2.35. The third-order valence-corrected chi connectivity index (χ3v) is 5.04. The molecule has 2 rings (SSSR count). The fourth-order valence-electron chi connectivity index (χ4n) is 3.39. The highest BCUT2D eigenvalue weighted by Crippen LogP contribution is 2.22. The van der Waals surface area contributed by atoms with Crippen LogP contribution in [-0.4, -0.2) is 46.9 Å². The van der Waals surface area contributed by atoms with Crippen LogP contribution in [0.2, 0.25) is 0 Å². The van der Waals surface area contributed by atoms with Crippen LogP contribution in [0.15, 0.2) is 30.3 Å². The summed E-state index contributed by atoms with van der Waals surface area (Å²) < 4.78 is 0. The zero-order valence-corrected chi connectivity index (χ0v) is 15.6. The minimum absolute atomic E-state index is 0.0894. The van der Waals surface area contributed by atoms with E-state index in [2.05, 4.69) is 49.1 Å². The Kier molecular flexibility index (Phi) is 6.81. The normalized spacial score (nSPS) is 19.9. The Balaban J connectivity index is 2.03. The van der Waals surface area contributed by atoms with Gasteiger partial charge in [-0.25, -0.2) is 0 Å². The Morgan fingerprint density at radius 3 is 2.50 bits per heavy atom. The fourth-order valence-corrected chi connectivity index (χ4v) is 3.39. The molecule has 134 valence electrons. The SMILES string of the molecule is CC(C)[C@H](N)C(=O)N(CC1CCCN1Cc1ccccc1)C(C)C. The molecule has 1 fully saturated rings. The summed E-state index contributed by atoms with van der Waals surface area (Å²) in [5.74, 6) is 0.259. The van der Waals surface area contributed by atoms with Gasteiger partial charge in [0.1, 0.15) is 0 Å². The minimum atomic E-state index is -0.406. The van der Waals surface area contributed by atoms with E-state index in [1.807, 2.05) is 18.7 Å². The second kappa shape index (κ2) is 8.63. The monoisotopic (exact) mass is 331 g/mol. The topological polar surface area (TPSA) is 49.6 Å². The van der Waals surface area contributed by atoms with Crippen molar-refractivity contribution in [1.82, 2.24) is 9.80 Å². The van der Waals surface area contributed by atoms with Crippen LogP contribution in [0.3, 0.4) is 0 Å². The van der Waals surface area contributed by atoms with Crippen LogP contribution >= 0.6 is 0 Å². The van der Waals surface area contributed by atoms with Crippen LogP contribution in [0.25, 0.3) is 0 Å². The Labute approximate surface area is 147 Å². The number of hydrogen-bond acceptors (Lipinski definition) is 3. The Bertz CT molecular complexity index is 515. The van der Waals surface area contributed by atoms with E-state index in [-0.39, 0.29) is 17.9 Å². The third-order valence-electron chi connectivity index (χ3n) is 5.04. The molecule has 0 radical (unpaired) electrons. The lowest BCUT2D eigenvalue weighted by atomic mass is 10.0. The number of likely N-dealkylation sites (tertiary alicyclic amines) is 1. The van der Waals surface area contributed by atoms with Gasteiger partial charge in [-0.1, -0.05) is 44.2 Å². The molecule has 2 atom stereocenters. The summed E-state index contributed by atoms with van der Waals surface area (Å²) in [6, 6.07) is 10.8. The average molecular weight is 332 g/mol. The second-order valence-electron chi connectivity index (χ2n) is 7.61. The molecule has 0 aliphatic carbocycles. The van der Waals surface area contributed by atoms with Crippen molar-refractivity contribution in [1.29, 1.82) is 0 Å². The fraction of sp³-hybridized carbons (Fsp3) is 0.650. The average Bonchev–Trinajstić information content (AvgIpc) is 2.98. The van der Waals surface area contributed by atoms with E-state index in [4.69, 9.17) is 5.73 Å². The molecule has 0 saturated carbocycles. The van der Waals surface area contributed by atoms with Crippen molar-refractivity contribution >= 4 is 5.91 Å². The van der Waals surface area contributed by atoms with Gasteiger partial charge in [-0.3, -0.25) is 9.69 Å². The number of hydrogen-bond donors (Lipinski definition) is 1. The van der Waals surface area contributed by atoms with Gasteiger partial charge >= 0.3 is 0 Å². The van der Waals surface area contributed by atoms with Crippen molar-refractivity contribution < 1.29 is 4.79 Å². The molecule has 1 aliphatic rings. The number of nitrogens with two attached hydrogens (primary N) is 1. The molecule has 1 aromatic rings. The molecule has 4 heteroatoms. The van der Waals surface area contributed by atoms with Crippen LogP contribution in [0.5, 0.6) is 0 Å². The molecule has 0 spiro atoms. The standard InChI is InChI=1S/C20H33N3O/c1-15(2)19(21)20(24)23(16(3)4)14-18-11-8-12-22(18)13-17-9-6-5-7-10-17/h5-7,9-10,15-16,18-19H,8,11-14,21H2,1-4H3/t18?,19-/m0/s1. The lowest BCUT2D eigenvalue weighted by molar-refractivity contribution is -0.136. The number of carbonyl (C=O) groups excluding carboxylic acids is 1. The molecular weight excluding hydrogens is 298 g/mol. The van der Waals surface area contributed by atoms with E-state index in [0.29, 0.717) is 6.04 Å². The summed E-state index contributed by atoms with van der Waals surface area (Å²) in [7, 11) is 0. The number of rotatable bonds is 7. The number of amides is 1. The summed E-state index contributed by atoms with van der Waals surface area (Å²) in [4.78, 5) is 17.3. The van der Waals surface area contributed by atoms with Crippen molar-refractivity contribution in [3.63, 3.8) is 0 Å². The largest absolute Gasteiger partial charge is 0.337 e. The Morgan fingerprint density at radius 2 is 1.92 bits per heavy atom. The molecule has 0 aromatic heterocycles. The van der Waals surface area contributed by atoms with Gasteiger partial charge in [0.2, 0.25) is 5.91 Å². The van der Waals surface area contributed by atoms with E-state index in [0.717, 1.165) is 26.1 Å². The zero-order valence-electron chi connectivity index (χ0n) is 15.6. The summed E-state index contributed by atoms with van der Waals surface area (Å²) in [6.07, 6.45) is 2.36. The second-order valence-corrected chi connectivity index (χ2v) is 7.61.